The maximum Gasteiger partial charge on any atom is 0.417 e. The number of nitrogens with one attached hydrogen (secondary N) is 1. The van der Waals surface area contributed by atoms with Crippen LogP contribution in [0.25, 0.3) is 0 Å². The number of ether oxygens (including phenoxy) is 2. The topological polar surface area (TPSA) is 122 Å². The summed E-state index contributed by atoms with van der Waals surface area (Å²) in [4.78, 5) is 18.6. The van der Waals surface area contributed by atoms with Crippen LogP contribution < -0.4 is 15.0 Å². The van der Waals surface area contributed by atoms with E-state index in [1.807, 2.05) is 6.07 Å². The quantitative estimate of drug-likeness (QED) is 0.253. The van der Waals surface area contributed by atoms with Crippen molar-refractivity contribution >= 4 is 21.4 Å². The fraction of sp³-hybridized carbons (Fsp3) is 0.367. The standard InChI is InChI=1S/C30H29F5N4O5S/c1-2-45(41,42)25-10-5-19(6-11-25)26(13-14-36)38-28(40)20-3-8-22(9-4-20)39-17-24(15-23(39)18-43-29(31)32)44-27-12-7-21(16-37-27)30(33,34)35/h3-12,16,23-24,26,29H,2,13,15,17-18H2,1H3,(H,38,40)/t23-,24+,26-/m0/s1. The molecule has 240 valence electrons. The lowest BCUT2D eigenvalue weighted by Crippen LogP contribution is -2.34. The third-order valence-corrected chi connectivity index (χ3v) is 8.98. The van der Waals surface area contributed by atoms with Crippen molar-refractivity contribution in [1.82, 2.24) is 10.3 Å². The van der Waals surface area contributed by atoms with Gasteiger partial charge in [-0.1, -0.05) is 19.1 Å². The number of halogens is 5. The summed E-state index contributed by atoms with van der Waals surface area (Å²) in [5.41, 5.74) is 0.411. The molecule has 0 saturated carbocycles. The van der Waals surface area contributed by atoms with E-state index in [0.717, 1.165) is 12.1 Å². The molecule has 0 radical (unpaired) electrons. The highest BCUT2D eigenvalue weighted by molar-refractivity contribution is 7.91. The number of amides is 1. The molecule has 0 unspecified atom stereocenters. The zero-order chi connectivity index (χ0) is 32.8. The second kappa shape index (κ2) is 14.2. The van der Waals surface area contributed by atoms with Crippen molar-refractivity contribution in [3.63, 3.8) is 0 Å². The summed E-state index contributed by atoms with van der Waals surface area (Å²) in [7, 11) is -3.42. The van der Waals surface area contributed by atoms with Crippen molar-refractivity contribution in [2.45, 2.75) is 55.6 Å². The molecule has 4 rings (SSSR count). The molecule has 1 amide bonds. The van der Waals surface area contributed by atoms with Gasteiger partial charge in [-0.2, -0.15) is 27.2 Å². The van der Waals surface area contributed by atoms with Gasteiger partial charge >= 0.3 is 12.8 Å². The zero-order valence-corrected chi connectivity index (χ0v) is 24.7. The Balaban J connectivity index is 1.46. The number of sulfone groups is 1. The number of benzene rings is 2. The molecule has 1 saturated heterocycles. The molecule has 1 N–H and O–H groups in total. The molecule has 1 fully saturated rings. The molecule has 1 aromatic heterocycles. The monoisotopic (exact) mass is 652 g/mol. The van der Waals surface area contributed by atoms with Crippen molar-refractivity contribution in [3.8, 4) is 11.9 Å². The van der Waals surface area contributed by atoms with E-state index >= 15 is 0 Å². The van der Waals surface area contributed by atoms with E-state index in [0.29, 0.717) is 17.4 Å². The number of aromatic nitrogens is 1. The lowest BCUT2D eigenvalue weighted by atomic mass is 10.0. The van der Waals surface area contributed by atoms with Crippen LogP contribution in [0.5, 0.6) is 5.88 Å². The van der Waals surface area contributed by atoms with E-state index in [1.165, 1.54) is 31.2 Å². The number of nitrogens with zero attached hydrogens (tertiary/aromatic N) is 3. The van der Waals surface area contributed by atoms with Crippen LogP contribution in [0.4, 0.5) is 27.6 Å². The number of alkyl halides is 5. The van der Waals surface area contributed by atoms with Gasteiger partial charge in [-0.3, -0.25) is 4.79 Å². The molecule has 45 heavy (non-hydrogen) atoms. The molecular formula is C30H29F5N4O5S. The second-order valence-corrected chi connectivity index (χ2v) is 12.4. The highest BCUT2D eigenvalue weighted by atomic mass is 32.2. The Morgan fingerprint density at radius 2 is 1.80 bits per heavy atom. The summed E-state index contributed by atoms with van der Waals surface area (Å²) in [6, 6.07) is 14.8. The van der Waals surface area contributed by atoms with Crippen LogP contribution in [0, 0.1) is 11.3 Å². The van der Waals surface area contributed by atoms with E-state index in [-0.39, 0.29) is 48.1 Å². The third-order valence-electron chi connectivity index (χ3n) is 7.23. The van der Waals surface area contributed by atoms with Gasteiger partial charge in [0.05, 0.1) is 53.9 Å². The van der Waals surface area contributed by atoms with Crippen molar-refractivity contribution in [3.05, 3.63) is 83.6 Å². The highest BCUT2D eigenvalue weighted by Crippen LogP contribution is 2.32. The molecular weight excluding hydrogens is 623 g/mol. The molecule has 3 aromatic rings. The smallest absolute Gasteiger partial charge is 0.417 e. The van der Waals surface area contributed by atoms with E-state index in [1.54, 1.807) is 29.2 Å². The summed E-state index contributed by atoms with van der Waals surface area (Å²) in [6.45, 7) is -1.65. The lowest BCUT2D eigenvalue weighted by Gasteiger charge is -2.26. The SMILES string of the molecule is CCS(=O)(=O)c1ccc([C@H](CC#N)NC(=O)c2ccc(N3C[C@H](Oc4ccc(C(F)(F)F)cn4)C[C@H]3COC(F)F)cc2)cc1. The Hall–Kier alpha value is -4.29. The van der Waals surface area contributed by atoms with Gasteiger partial charge in [-0.25, -0.2) is 13.4 Å². The van der Waals surface area contributed by atoms with Gasteiger partial charge in [0.15, 0.2) is 9.84 Å². The number of rotatable bonds is 12. The van der Waals surface area contributed by atoms with Crippen LogP contribution >= 0.6 is 0 Å². The van der Waals surface area contributed by atoms with Crippen molar-refractivity contribution in [1.29, 1.82) is 5.26 Å². The molecule has 3 atom stereocenters. The molecule has 9 nitrogen and oxygen atoms in total. The van der Waals surface area contributed by atoms with Gasteiger partial charge in [0.1, 0.15) is 6.10 Å². The van der Waals surface area contributed by atoms with Crippen molar-refractivity contribution in [2.24, 2.45) is 0 Å². The lowest BCUT2D eigenvalue weighted by molar-refractivity contribution is -0.138. The van der Waals surface area contributed by atoms with Crippen LogP contribution in [0.15, 0.2) is 71.8 Å². The zero-order valence-electron chi connectivity index (χ0n) is 23.9. The summed E-state index contributed by atoms with van der Waals surface area (Å²) in [5.74, 6) is -0.619. The number of pyridine rings is 1. The molecule has 2 heterocycles. The Kier molecular flexibility index (Phi) is 10.6. The Morgan fingerprint density at radius 3 is 2.36 bits per heavy atom. The largest absolute Gasteiger partial charge is 0.472 e. The molecule has 1 aliphatic heterocycles. The molecule has 2 aromatic carbocycles. The second-order valence-electron chi connectivity index (χ2n) is 10.2. The maximum atomic E-state index is 13.1. The van der Waals surface area contributed by atoms with Crippen LogP contribution in [-0.2, 0) is 20.8 Å². The minimum Gasteiger partial charge on any atom is -0.472 e. The average Bonchev–Trinajstić information content (AvgIpc) is 3.42. The van der Waals surface area contributed by atoms with Gasteiger partial charge in [-0.05, 0) is 48.0 Å². The Labute approximate surface area is 256 Å². The number of hydrogen-bond donors (Lipinski definition) is 1. The number of carbonyl (C=O) groups is 1. The van der Waals surface area contributed by atoms with Crippen LogP contribution in [0.2, 0.25) is 0 Å². The van der Waals surface area contributed by atoms with Gasteiger partial charge in [-0.15, -0.1) is 0 Å². The normalized spacial score (nSPS) is 17.6. The first-order chi connectivity index (χ1) is 21.3. The predicted molar refractivity (Wildman–Crippen MR) is 152 cm³/mol. The van der Waals surface area contributed by atoms with Gasteiger partial charge < -0.3 is 19.7 Å². The van der Waals surface area contributed by atoms with Crippen molar-refractivity contribution < 1.29 is 44.6 Å². The summed E-state index contributed by atoms with van der Waals surface area (Å²) in [6.07, 6.45) is -4.37. The van der Waals surface area contributed by atoms with E-state index in [4.69, 9.17) is 4.74 Å². The predicted octanol–water partition coefficient (Wildman–Crippen LogP) is 5.54. The fourth-order valence-electron chi connectivity index (χ4n) is 4.87. The third kappa shape index (κ3) is 8.67. The number of anilines is 1. The summed E-state index contributed by atoms with van der Waals surface area (Å²) < 4.78 is 98.8. The molecule has 15 heteroatoms. The minimum absolute atomic E-state index is 0.0519. The van der Waals surface area contributed by atoms with E-state index in [2.05, 4.69) is 15.0 Å². The average molecular weight is 653 g/mol. The van der Waals surface area contributed by atoms with Crippen LogP contribution in [0.1, 0.15) is 47.3 Å². The Morgan fingerprint density at radius 1 is 1.11 bits per heavy atom. The number of hydrogen-bond acceptors (Lipinski definition) is 8. The first-order valence-electron chi connectivity index (χ1n) is 13.8. The van der Waals surface area contributed by atoms with Gasteiger partial charge in [0.2, 0.25) is 5.88 Å². The summed E-state index contributed by atoms with van der Waals surface area (Å²) >= 11 is 0. The Bertz CT molecular complexity index is 1600. The fourth-order valence-corrected chi connectivity index (χ4v) is 5.75. The number of carbonyl (C=O) groups excluding carboxylic acids is 1. The van der Waals surface area contributed by atoms with Crippen LogP contribution in [0.3, 0.4) is 0 Å². The number of nitriles is 1. The van der Waals surface area contributed by atoms with Gasteiger partial charge in [0.25, 0.3) is 5.91 Å². The minimum atomic E-state index is -4.56. The van der Waals surface area contributed by atoms with E-state index in [9.17, 15) is 40.4 Å². The first kappa shape index (κ1) is 33.6. The molecule has 0 aliphatic carbocycles. The summed E-state index contributed by atoms with van der Waals surface area (Å²) in [5, 5.41) is 12.1. The molecule has 0 spiro atoms. The van der Waals surface area contributed by atoms with E-state index < -0.39 is 52.3 Å². The van der Waals surface area contributed by atoms with Crippen LogP contribution in [-0.4, -0.2) is 57.0 Å². The maximum absolute atomic E-state index is 13.1. The van der Waals surface area contributed by atoms with Gasteiger partial charge in [0, 0.05) is 29.9 Å². The molecule has 0 bridgehead atoms. The highest BCUT2D eigenvalue weighted by Gasteiger charge is 2.35. The molecule has 1 aliphatic rings. The van der Waals surface area contributed by atoms with Crippen molar-refractivity contribution in [2.75, 3.05) is 23.8 Å². The first-order valence-corrected chi connectivity index (χ1v) is 15.4.